The van der Waals surface area contributed by atoms with Crippen molar-refractivity contribution in [3.63, 3.8) is 0 Å². The largest absolute Gasteiger partial charge is 0.322 e. The average Bonchev–Trinajstić information content (AvgIpc) is 3.06. The predicted molar refractivity (Wildman–Crippen MR) is 71.0 cm³/mol. The topological polar surface area (TPSA) is 32.3 Å². The molecule has 3 nitrogen and oxygen atoms in total. The van der Waals surface area contributed by atoms with Crippen molar-refractivity contribution in [1.29, 1.82) is 0 Å². The van der Waals surface area contributed by atoms with Crippen LogP contribution in [0.3, 0.4) is 0 Å². The third kappa shape index (κ3) is 1.99. The molecule has 0 bridgehead atoms. The highest BCUT2D eigenvalue weighted by molar-refractivity contribution is 7.99. The molecule has 0 aromatic carbocycles. The van der Waals surface area contributed by atoms with E-state index in [1.54, 1.807) is 0 Å². The van der Waals surface area contributed by atoms with Gasteiger partial charge < -0.3 is 4.90 Å². The first kappa shape index (κ1) is 11.8. The molecule has 0 aromatic heterocycles. The van der Waals surface area contributed by atoms with Crippen molar-refractivity contribution in [2.45, 2.75) is 63.2 Å². The number of nitrogens with zero attached hydrogens (tertiary/aromatic N) is 1. The summed E-state index contributed by atoms with van der Waals surface area (Å²) >= 11 is 2.03. The summed E-state index contributed by atoms with van der Waals surface area (Å²) in [5, 5.41) is 3.61. The van der Waals surface area contributed by atoms with Crippen LogP contribution in [-0.2, 0) is 4.79 Å². The summed E-state index contributed by atoms with van der Waals surface area (Å²) in [5.74, 6) is 2.86. The van der Waals surface area contributed by atoms with Gasteiger partial charge in [-0.15, -0.1) is 0 Å². The van der Waals surface area contributed by atoms with Crippen molar-refractivity contribution in [2.75, 3.05) is 11.5 Å². The molecule has 3 aliphatic rings. The smallest absolute Gasteiger partial charge is 0.244 e. The van der Waals surface area contributed by atoms with E-state index in [1.807, 2.05) is 11.8 Å². The molecule has 96 valence electrons. The molecule has 0 radical (unpaired) electrons. The Morgan fingerprint density at radius 2 is 2.12 bits per heavy atom. The lowest BCUT2D eigenvalue weighted by Gasteiger charge is -2.35. The molecule has 3 fully saturated rings. The van der Waals surface area contributed by atoms with Gasteiger partial charge in [0.15, 0.2) is 0 Å². The molecule has 2 saturated heterocycles. The fourth-order valence-electron chi connectivity index (χ4n) is 3.19. The summed E-state index contributed by atoms with van der Waals surface area (Å²) < 4.78 is 0. The van der Waals surface area contributed by atoms with Crippen molar-refractivity contribution in [3.8, 4) is 0 Å². The Morgan fingerprint density at radius 1 is 1.41 bits per heavy atom. The molecule has 17 heavy (non-hydrogen) atoms. The monoisotopic (exact) mass is 254 g/mol. The number of thioether (sulfide) groups is 1. The number of hydrogen-bond donors (Lipinski definition) is 1. The number of nitrogens with one attached hydrogen (secondary N) is 1. The standard InChI is InChI=1S/C13H22N2OS/c1-2-3-11-14-13(6-7-13)12(16)15(11)10-4-8-17-9-5-10/h10-11,14H,2-9H2,1H3. The molecular weight excluding hydrogens is 232 g/mol. The van der Waals surface area contributed by atoms with Crippen molar-refractivity contribution >= 4 is 17.7 Å². The number of hydrogen-bond acceptors (Lipinski definition) is 3. The Morgan fingerprint density at radius 3 is 2.71 bits per heavy atom. The van der Waals surface area contributed by atoms with Gasteiger partial charge in [-0.2, -0.15) is 11.8 Å². The van der Waals surface area contributed by atoms with Crippen LogP contribution in [0.25, 0.3) is 0 Å². The van der Waals surface area contributed by atoms with Gasteiger partial charge in [-0.1, -0.05) is 13.3 Å². The summed E-state index contributed by atoms with van der Waals surface area (Å²) in [5.41, 5.74) is -0.121. The van der Waals surface area contributed by atoms with Gasteiger partial charge in [0.05, 0.1) is 11.7 Å². The maximum atomic E-state index is 12.5. The summed E-state index contributed by atoms with van der Waals surface area (Å²) in [4.78, 5) is 14.7. The van der Waals surface area contributed by atoms with Crippen LogP contribution in [0.2, 0.25) is 0 Å². The van der Waals surface area contributed by atoms with Gasteiger partial charge in [-0.05, 0) is 43.6 Å². The highest BCUT2D eigenvalue weighted by Crippen LogP contribution is 2.44. The second-order valence-electron chi connectivity index (χ2n) is 5.59. The molecule has 1 spiro atoms. The normalized spacial score (nSPS) is 32.4. The third-order valence-electron chi connectivity index (χ3n) is 4.32. The predicted octanol–water partition coefficient (Wildman–Crippen LogP) is 1.97. The van der Waals surface area contributed by atoms with E-state index >= 15 is 0 Å². The van der Waals surface area contributed by atoms with Gasteiger partial charge in [0.2, 0.25) is 5.91 Å². The second-order valence-corrected chi connectivity index (χ2v) is 6.81. The summed E-state index contributed by atoms with van der Waals surface area (Å²) in [6.07, 6.45) is 7.08. The first-order valence-corrected chi connectivity index (χ1v) is 8.10. The Hall–Kier alpha value is -0.220. The zero-order valence-electron chi connectivity index (χ0n) is 10.6. The second kappa shape index (κ2) is 4.47. The fraction of sp³-hybridized carbons (Fsp3) is 0.923. The third-order valence-corrected chi connectivity index (χ3v) is 5.37. The van der Waals surface area contributed by atoms with Crippen LogP contribution in [0.5, 0.6) is 0 Å². The molecule has 1 amide bonds. The molecule has 1 atom stereocenters. The Kier molecular flexibility index (Phi) is 3.11. The number of rotatable bonds is 3. The molecule has 4 heteroatoms. The SMILES string of the molecule is CCCC1NC2(CC2)C(=O)N1C1CCSCC1. The average molecular weight is 254 g/mol. The van der Waals surface area contributed by atoms with Gasteiger partial charge >= 0.3 is 0 Å². The highest BCUT2D eigenvalue weighted by atomic mass is 32.2. The molecular formula is C13H22N2OS. The number of amides is 1. The minimum absolute atomic E-state index is 0.121. The summed E-state index contributed by atoms with van der Waals surface area (Å²) in [7, 11) is 0. The van der Waals surface area contributed by atoms with Crippen molar-refractivity contribution in [1.82, 2.24) is 10.2 Å². The van der Waals surface area contributed by atoms with Gasteiger partial charge in [0.25, 0.3) is 0 Å². The van der Waals surface area contributed by atoms with Crippen LogP contribution in [0.1, 0.15) is 45.4 Å². The van der Waals surface area contributed by atoms with E-state index in [-0.39, 0.29) is 5.54 Å². The van der Waals surface area contributed by atoms with E-state index < -0.39 is 0 Å². The van der Waals surface area contributed by atoms with Crippen LogP contribution >= 0.6 is 11.8 Å². The number of carbonyl (C=O) groups is 1. The van der Waals surface area contributed by atoms with E-state index in [0.29, 0.717) is 18.1 Å². The van der Waals surface area contributed by atoms with Crippen LogP contribution in [0.15, 0.2) is 0 Å². The Bertz CT molecular complexity index is 311. The Labute approximate surface area is 108 Å². The Balaban J connectivity index is 1.76. The minimum Gasteiger partial charge on any atom is -0.322 e. The maximum Gasteiger partial charge on any atom is 0.244 e. The zero-order valence-corrected chi connectivity index (χ0v) is 11.4. The highest BCUT2D eigenvalue weighted by Gasteiger charge is 2.59. The lowest BCUT2D eigenvalue weighted by atomic mass is 10.1. The van der Waals surface area contributed by atoms with E-state index in [0.717, 1.165) is 25.7 Å². The fourth-order valence-corrected chi connectivity index (χ4v) is 4.27. The first-order chi connectivity index (χ1) is 8.27. The molecule has 1 N–H and O–H groups in total. The van der Waals surface area contributed by atoms with Gasteiger partial charge in [0.1, 0.15) is 0 Å². The molecule has 1 unspecified atom stereocenters. The van der Waals surface area contributed by atoms with Gasteiger partial charge in [-0.25, -0.2) is 0 Å². The van der Waals surface area contributed by atoms with Crippen molar-refractivity contribution in [2.24, 2.45) is 0 Å². The molecule has 0 aromatic rings. The van der Waals surface area contributed by atoms with Crippen molar-refractivity contribution in [3.05, 3.63) is 0 Å². The summed E-state index contributed by atoms with van der Waals surface area (Å²) in [6.45, 7) is 2.21. The molecule has 1 saturated carbocycles. The van der Waals surface area contributed by atoms with E-state index in [9.17, 15) is 4.79 Å². The minimum atomic E-state index is -0.121. The molecule has 1 aliphatic carbocycles. The molecule has 2 aliphatic heterocycles. The quantitative estimate of drug-likeness (QED) is 0.836. The van der Waals surface area contributed by atoms with Crippen LogP contribution in [0.4, 0.5) is 0 Å². The van der Waals surface area contributed by atoms with Crippen LogP contribution in [-0.4, -0.2) is 40.1 Å². The number of carbonyl (C=O) groups excluding carboxylic acids is 1. The maximum absolute atomic E-state index is 12.5. The lowest BCUT2D eigenvalue weighted by Crippen LogP contribution is -2.46. The van der Waals surface area contributed by atoms with E-state index in [2.05, 4.69) is 17.1 Å². The molecule has 3 rings (SSSR count). The van der Waals surface area contributed by atoms with E-state index in [4.69, 9.17) is 0 Å². The zero-order chi connectivity index (χ0) is 11.9. The van der Waals surface area contributed by atoms with Crippen LogP contribution < -0.4 is 5.32 Å². The van der Waals surface area contributed by atoms with Crippen molar-refractivity contribution < 1.29 is 4.79 Å². The van der Waals surface area contributed by atoms with Gasteiger partial charge in [-0.3, -0.25) is 10.1 Å². The lowest BCUT2D eigenvalue weighted by molar-refractivity contribution is -0.133. The molecule has 2 heterocycles. The van der Waals surface area contributed by atoms with E-state index in [1.165, 1.54) is 24.3 Å². The first-order valence-electron chi connectivity index (χ1n) is 6.95. The van der Waals surface area contributed by atoms with Gasteiger partial charge in [0, 0.05) is 6.04 Å². The summed E-state index contributed by atoms with van der Waals surface area (Å²) in [6, 6.07) is 0.507. The van der Waals surface area contributed by atoms with Crippen LogP contribution in [0, 0.1) is 0 Å².